The Bertz CT molecular complexity index is 641. The van der Waals surface area contributed by atoms with Gasteiger partial charge in [-0.1, -0.05) is 38.5 Å². The summed E-state index contributed by atoms with van der Waals surface area (Å²) >= 11 is 0. The van der Waals surface area contributed by atoms with Crippen LogP contribution in [0.15, 0.2) is 30.3 Å². The predicted octanol–water partition coefficient (Wildman–Crippen LogP) is 2.64. The molecular formula is C16H22N4O. The van der Waals surface area contributed by atoms with Gasteiger partial charge in [0, 0.05) is 19.0 Å². The molecule has 0 aliphatic carbocycles. The lowest BCUT2D eigenvalue weighted by Gasteiger charge is -2.21. The number of hydrazine groups is 1. The molecule has 0 saturated heterocycles. The number of hydrogen-bond donors (Lipinski definition) is 2. The minimum Gasteiger partial charge on any atom is -0.340 e. The zero-order chi connectivity index (χ0) is 15.4. The van der Waals surface area contributed by atoms with Crippen LogP contribution in [-0.4, -0.2) is 29.4 Å². The summed E-state index contributed by atoms with van der Waals surface area (Å²) in [5, 5.41) is 0.904. The van der Waals surface area contributed by atoms with Gasteiger partial charge < -0.3 is 10.3 Å². The van der Waals surface area contributed by atoms with E-state index >= 15 is 0 Å². The first kappa shape index (κ1) is 15.3. The smallest absolute Gasteiger partial charge is 0.272 e. The van der Waals surface area contributed by atoms with Gasteiger partial charge in [-0.05, 0) is 18.1 Å². The predicted molar refractivity (Wildman–Crippen MR) is 86.0 cm³/mol. The molecule has 112 valence electrons. The first-order valence-electron chi connectivity index (χ1n) is 7.18. The molecule has 0 aliphatic heterocycles. The molecule has 0 saturated carbocycles. The fourth-order valence-corrected chi connectivity index (χ4v) is 2.28. The molecule has 1 atom stereocenters. The van der Waals surface area contributed by atoms with Crippen LogP contribution in [0.1, 0.15) is 30.8 Å². The maximum Gasteiger partial charge on any atom is 0.272 e. The van der Waals surface area contributed by atoms with Crippen molar-refractivity contribution in [2.45, 2.75) is 20.3 Å². The third-order valence-corrected chi connectivity index (χ3v) is 3.72. The van der Waals surface area contributed by atoms with Gasteiger partial charge in [0.25, 0.3) is 5.91 Å². The number of nitrogens with zero attached hydrogens (tertiary/aromatic N) is 2. The van der Waals surface area contributed by atoms with Crippen molar-refractivity contribution in [3.8, 4) is 0 Å². The average Bonchev–Trinajstić information content (AvgIpc) is 2.52. The van der Waals surface area contributed by atoms with Gasteiger partial charge in [-0.15, -0.1) is 0 Å². The number of nitrogens with one attached hydrogen (secondary N) is 1. The van der Waals surface area contributed by atoms with Gasteiger partial charge in [0.1, 0.15) is 5.69 Å². The molecule has 1 amide bonds. The molecule has 5 heteroatoms. The molecular weight excluding hydrogens is 264 g/mol. The molecule has 1 unspecified atom stereocenters. The summed E-state index contributed by atoms with van der Waals surface area (Å²) in [5.74, 6) is 5.94. The van der Waals surface area contributed by atoms with Gasteiger partial charge in [0.15, 0.2) is 0 Å². The van der Waals surface area contributed by atoms with E-state index < -0.39 is 0 Å². The van der Waals surface area contributed by atoms with Crippen molar-refractivity contribution in [1.82, 2.24) is 9.88 Å². The van der Waals surface area contributed by atoms with Crippen molar-refractivity contribution >= 4 is 22.5 Å². The number of benzene rings is 1. The molecule has 0 radical (unpaired) electrons. The molecule has 1 aromatic heterocycles. The SMILES string of the molecule is CCC(C)CN(C)C(=O)c1cc(NN)c2ccccc2n1. The van der Waals surface area contributed by atoms with Crippen LogP contribution in [0.2, 0.25) is 0 Å². The molecule has 5 nitrogen and oxygen atoms in total. The number of fused-ring (bicyclic) bond motifs is 1. The Labute approximate surface area is 125 Å². The van der Waals surface area contributed by atoms with Crippen molar-refractivity contribution in [3.63, 3.8) is 0 Å². The lowest BCUT2D eigenvalue weighted by atomic mass is 10.1. The topological polar surface area (TPSA) is 71.2 Å². The Kier molecular flexibility index (Phi) is 4.75. The standard InChI is InChI=1S/C16H22N4O/c1-4-11(2)10-20(3)16(21)15-9-14(19-17)12-7-5-6-8-13(12)18-15/h5-9,11H,4,10,17H2,1-3H3,(H,18,19). The number of amides is 1. The highest BCUT2D eigenvalue weighted by Crippen LogP contribution is 2.22. The Morgan fingerprint density at radius 3 is 2.81 bits per heavy atom. The lowest BCUT2D eigenvalue weighted by Crippen LogP contribution is -2.31. The fourth-order valence-electron chi connectivity index (χ4n) is 2.28. The zero-order valence-corrected chi connectivity index (χ0v) is 12.8. The van der Waals surface area contributed by atoms with E-state index in [-0.39, 0.29) is 5.91 Å². The van der Waals surface area contributed by atoms with Crippen LogP contribution < -0.4 is 11.3 Å². The van der Waals surface area contributed by atoms with Crippen LogP contribution >= 0.6 is 0 Å². The fraction of sp³-hybridized carbons (Fsp3) is 0.375. The summed E-state index contributed by atoms with van der Waals surface area (Å²) in [7, 11) is 1.81. The zero-order valence-electron chi connectivity index (χ0n) is 12.8. The van der Waals surface area contributed by atoms with Crippen LogP contribution in [0, 0.1) is 5.92 Å². The van der Waals surface area contributed by atoms with Gasteiger partial charge in [0.2, 0.25) is 0 Å². The largest absolute Gasteiger partial charge is 0.340 e. The van der Waals surface area contributed by atoms with E-state index in [2.05, 4.69) is 24.3 Å². The molecule has 21 heavy (non-hydrogen) atoms. The minimum absolute atomic E-state index is 0.0856. The molecule has 0 aliphatic rings. The number of hydrogen-bond acceptors (Lipinski definition) is 4. The van der Waals surface area contributed by atoms with E-state index in [4.69, 9.17) is 5.84 Å². The quantitative estimate of drug-likeness (QED) is 0.655. The van der Waals surface area contributed by atoms with Gasteiger partial charge in [-0.2, -0.15) is 0 Å². The third-order valence-electron chi connectivity index (χ3n) is 3.72. The molecule has 2 rings (SSSR count). The number of rotatable bonds is 5. The maximum absolute atomic E-state index is 12.5. The van der Waals surface area contributed by atoms with Gasteiger partial charge in [-0.25, -0.2) is 4.98 Å². The van der Waals surface area contributed by atoms with Gasteiger partial charge >= 0.3 is 0 Å². The number of anilines is 1. The van der Waals surface area contributed by atoms with Crippen molar-refractivity contribution in [2.75, 3.05) is 19.0 Å². The lowest BCUT2D eigenvalue weighted by molar-refractivity contribution is 0.0769. The summed E-state index contributed by atoms with van der Waals surface area (Å²) in [6.45, 7) is 4.97. The number of aromatic nitrogens is 1. The number of carbonyl (C=O) groups excluding carboxylic acids is 1. The molecule has 1 heterocycles. The number of carbonyl (C=O) groups is 1. The van der Waals surface area contributed by atoms with E-state index in [9.17, 15) is 4.79 Å². The highest BCUT2D eigenvalue weighted by molar-refractivity contribution is 5.99. The molecule has 0 spiro atoms. The first-order valence-corrected chi connectivity index (χ1v) is 7.18. The monoisotopic (exact) mass is 286 g/mol. The van der Waals surface area contributed by atoms with E-state index in [1.807, 2.05) is 24.3 Å². The van der Waals surface area contributed by atoms with Crippen molar-refractivity contribution in [3.05, 3.63) is 36.0 Å². The van der Waals surface area contributed by atoms with Crippen LogP contribution in [0.5, 0.6) is 0 Å². The summed E-state index contributed by atoms with van der Waals surface area (Å²) in [4.78, 5) is 18.7. The molecule has 2 aromatic rings. The van der Waals surface area contributed by atoms with Gasteiger partial charge in [0.05, 0.1) is 11.2 Å². The highest BCUT2D eigenvalue weighted by Gasteiger charge is 2.17. The van der Waals surface area contributed by atoms with E-state index in [0.29, 0.717) is 17.3 Å². The van der Waals surface area contributed by atoms with Crippen molar-refractivity contribution in [2.24, 2.45) is 11.8 Å². The minimum atomic E-state index is -0.0856. The summed E-state index contributed by atoms with van der Waals surface area (Å²) in [6.07, 6.45) is 1.04. The number of para-hydroxylation sites is 1. The Morgan fingerprint density at radius 1 is 1.43 bits per heavy atom. The first-order chi connectivity index (χ1) is 10.1. The Hall–Kier alpha value is -2.14. The van der Waals surface area contributed by atoms with E-state index in [1.165, 1.54) is 0 Å². The number of nitrogens with two attached hydrogens (primary N) is 1. The van der Waals surface area contributed by atoms with Crippen molar-refractivity contribution in [1.29, 1.82) is 0 Å². The van der Waals surface area contributed by atoms with E-state index in [1.54, 1.807) is 18.0 Å². The Morgan fingerprint density at radius 2 is 2.14 bits per heavy atom. The van der Waals surface area contributed by atoms with Gasteiger partial charge in [-0.3, -0.25) is 10.6 Å². The maximum atomic E-state index is 12.5. The molecule has 0 fully saturated rings. The summed E-state index contributed by atoms with van der Waals surface area (Å²) in [5.41, 5.74) is 4.52. The Balaban J connectivity index is 2.35. The number of pyridine rings is 1. The highest BCUT2D eigenvalue weighted by atomic mass is 16.2. The van der Waals surface area contributed by atoms with E-state index in [0.717, 1.165) is 23.9 Å². The average molecular weight is 286 g/mol. The molecule has 3 N–H and O–H groups in total. The van der Waals surface area contributed by atoms with Crippen LogP contribution in [0.25, 0.3) is 10.9 Å². The summed E-state index contributed by atoms with van der Waals surface area (Å²) < 4.78 is 0. The molecule has 0 bridgehead atoms. The third kappa shape index (κ3) is 3.31. The van der Waals surface area contributed by atoms with Crippen molar-refractivity contribution < 1.29 is 4.79 Å². The second-order valence-corrected chi connectivity index (χ2v) is 5.42. The van der Waals surface area contributed by atoms with Crippen LogP contribution in [0.3, 0.4) is 0 Å². The van der Waals surface area contributed by atoms with Crippen LogP contribution in [0.4, 0.5) is 5.69 Å². The summed E-state index contributed by atoms with van der Waals surface area (Å²) in [6, 6.07) is 9.32. The second kappa shape index (κ2) is 6.54. The molecule has 1 aromatic carbocycles. The number of nitrogen functional groups attached to an aromatic ring is 1. The van der Waals surface area contributed by atoms with Crippen LogP contribution in [-0.2, 0) is 0 Å². The second-order valence-electron chi connectivity index (χ2n) is 5.42. The normalized spacial score (nSPS) is 12.2.